The van der Waals surface area contributed by atoms with Crippen LogP contribution in [-0.2, 0) is 11.2 Å². The number of aryl methyl sites for hydroxylation is 1. The molecule has 25 heavy (non-hydrogen) atoms. The van der Waals surface area contributed by atoms with Crippen molar-refractivity contribution in [2.75, 3.05) is 5.33 Å². The number of rotatable bonds is 5. The highest BCUT2D eigenvalue weighted by Gasteiger charge is 2.54. The maximum Gasteiger partial charge on any atom is 0.231 e. The number of amides is 1. The van der Waals surface area contributed by atoms with Crippen LogP contribution in [0.1, 0.15) is 57.9 Å². The van der Waals surface area contributed by atoms with E-state index in [1.165, 1.54) is 24.0 Å². The first kappa shape index (κ1) is 18.8. The topological polar surface area (TPSA) is 42.2 Å². The first-order chi connectivity index (χ1) is 11.9. The van der Waals surface area contributed by atoms with Gasteiger partial charge >= 0.3 is 0 Å². The number of halogens is 1. The Morgan fingerprint density at radius 2 is 2.24 bits per heavy atom. The Morgan fingerprint density at radius 3 is 2.92 bits per heavy atom. The zero-order valence-corrected chi connectivity index (χ0v) is 17.0. The molecule has 0 aromatic carbocycles. The van der Waals surface area contributed by atoms with Crippen molar-refractivity contribution in [3.05, 3.63) is 36.3 Å². The van der Waals surface area contributed by atoms with Crippen molar-refractivity contribution in [1.29, 1.82) is 0 Å². The Hall–Kier alpha value is -1.03. The highest BCUT2D eigenvalue weighted by atomic mass is 79.9. The number of carbonyl (C=O) groups is 1. The molecule has 138 valence electrons. The lowest BCUT2D eigenvalue weighted by Gasteiger charge is -2.59. The molecule has 1 N–H and O–H groups in total. The molecule has 1 aromatic heterocycles. The Bertz CT molecular complexity index is 626. The van der Waals surface area contributed by atoms with E-state index in [-0.39, 0.29) is 16.9 Å². The molecule has 0 radical (unpaired) electrons. The van der Waals surface area contributed by atoms with E-state index in [1.807, 2.05) is 6.26 Å². The normalized spacial score (nSPS) is 35.2. The number of hydrogen-bond acceptors (Lipinski definition) is 2. The summed E-state index contributed by atoms with van der Waals surface area (Å²) in [5, 5.41) is 3.72. The van der Waals surface area contributed by atoms with E-state index in [1.54, 1.807) is 6.26 Å². The molecule has 4 heteroatoms. The van der Waals surface area contributed by atoms with E-state index in [0.29, 0.717) is 17.2 Å². The van der Waals surface area contributed by atoms with Crippen LogP contribution in [0.15, 0.2) is 35.2 Å². The van der Waals surface area contributed by atoms with Gasteiger partial charge in [0.2, 0.25) is 5.91 Å². The second-order valence-corrected chi connectivity index (χ2v) is 8.99. The summed E-state index contributed by atoms with van der Waals surface area (Å²) in [5.41, 5.74) is 2.78. The number of alkyl halides is 1. The molecule has 3 nitrogen and oxygen atoms in total. The number of allylic oxidation sites excluding steroid dienone is 1. The van der Waals surface area contributed by atoms with Gasteiger partial charge in [0.1, 0.15) is 0 Å². The molecule has 1 heterocycles. The summed E-state index contributed by atoms with van der Waals surface area (Å²) < 4.78 is 5.23. The van der Waals surface area contributed by atoms with Gasteiger partial charge in [-0.15, -0.1) is 0 Å². The van der Waals surface area contributed by atoms with Gasteiger partial charge in [0, 0.05) is 5.54 Å². The lowest BCUT2D eigenvalue weighted by Crippen LogP contribution is -2.61. The van der Waals surface area contributed by atoms with Gasteiger partial charge in [-0.05, 0) is 74.3 Å². The molecule has 4 atom stereocenters. The largest absolute Gasteiger partial charge is 0.472 e. The summed E-state index contributed by atoms with van der Waals surface area (Å²) >= 11 is 3.30. The first-order valence-electron chi connectivity index (χ1n) is 9.45. The van der Waals surface area contributed by atoms with E-state index in [2.05, 4.69) is 47.7 Å². The van der Waals surface area contributed by atoms with Crippen LogP contribution in [0, 0.1) is 17.3 Å². The van der Waals surface area contributed by atoms with Crippen molar-refractivity contribution in [2.24, 2.45) is 17.3 Å². The van der Waals surface area contributed by atoms with Crippen molar-refractivity contribution >= 4 is 21.8 Å². The van der Waals surface area contributed by atoms with Crippen LogP contribution in [0.3, 0.4) is 0 Å². The maximum absolute atomic E-state index is 12.1. The number of hydrogen-bond donors (Lipinski definition) is 1. The van der Waals surface area contributed by atoms with E-state index in [0.717, 1.165) is 32.1 Å². The predicted octanol–water partition coefficient (Wildman–Crippen LogP) is 5.25. The second-order valence-electron chi connectivity index (χ2n) is 8.43. The molecular formula is C21H30BrNO2. The van der Waals surface area contributed by atoms with E-state index in [4.69, 9.17) is 4.42 Å². The summed E-state index contributed by atoms with van der Waals surface area (Å²) in [6, 6.07) is 2.06. The van der Waals surface area contributed by atoms with Crippen molar-refractivity contribution in [1.82, 2.24) is 5.32 Å². The average Bonchev–Trinajstić information content (AvgIpc) is 3.07. The molecule has 0 saturated heterocycles. The lowest BCUT2D eigenvalue weighted by molar-refractivity contribution is -0.124. The van der Waals surface area contributed by atoms with Gasteiger partial charge in [-0.25, -0.2) is 0 Å². The third-order valence-electron chi connectivity index (χ3n) is 6.87. The third kappa shape index (κ3) is 3.60. The Balaban J connectivity index is 1.82. The molecule has 0 unspecified atom stereocenters. The number of fused-ring (bicyclic) bond motifs is 1. The summed E-state index contributed by atoms with van der Waals surface area (Å²) in [6.45, 7) is 9.14. The molecule has 0 spiro atoms. The number of carbonyl (C=O) groups excluding carboxylic acids is 1. The smallest absolute Gasteiger partial charge is 0.231 e. The Morgan fingerprint density at radius 1 is 1.44 bits per heavy atom. The standard InChI is InChI=1S/C21H30BrNO2/c1-15-5-8-18-20(2,17(15)7-6-16-9-12-25-14-16)10-4-11-21(18,3)23-19(24)13-22/h9,12,14,17-18H,1,4-8,10-11,13H2,2-3H3,(H,23,24)/t17-,18+,20+,21-/m0/s1. The molecule has 1 aromatic rings. The summed E-state index contributed by atoms with van der Waals surface area (Å²) in [4.78, 5) is 12.1. The van der Waals surface area contributed by atoms with Crippen LogP contribution in [0.5, 0.6) is 0 Å². The monoisotopic (exact) mass is 407 g/mol. The molecule has 2 aliphatic carbocycles. The minimum absolute atomic E-state index is 0.103. The third-order valence-corrected chi connectivity index (χ3v) is 7.38. The van der Waals surface area contributed by atoms with Gasteiger partial charge in [-0.1, -0.05) is 41.4 Å². The maximum atomic E-state index is 12.1. The highest BCUT2D eigenvalue weighted by Crippen LogP contribution is 2.59. The molecule has 2 saturated carbocycles. The molecule has 2 fully saturated rings. The van der Waals surface area contributed by atoms with E-state index >= 15 is 0 Å². The summed E-state index contributed by atoms with van der Waals surface area (Å²) in [5.74, 6) is 1.13. The van der Waals surface area contributed by atoms with Gasteiger partial charge in [-0.3, -0.25) is 4.79 Å². The Labute approximate surface area is 159 Å². The predicted molar refractivity (Wildman–Crippen MR) is 105 cm³/mol. The minimum atomic E-state index is -0.105. The van der Waals surface area contributed by atoms with Gasteiger partial charge in [0.15, 0.2) is 0 Å². The minimum Gasteiger partial charge on any atom is -0.472 e. The fourth-order valence-corrected chi connectivity index (χ4v) is 5.87. The zero-order chi connectivity index (χ0) is 18.1. The fourth-order valence-electron chi connectivity index (χ4n) is 5.73. The molecular weight excluding hydrogens is 378 g/mol. The summed E-state index contributed by atoms with van der Waals surface area (Å²) in [7, 11) is 0. The van der Waals surface area contributed by atoms with Crippen molar-refractivity contribution in [2.45, 2.75) is 64.3 Å². The van der Waals surface area contributed by atoms with Crippen LogP contribution in [0.4, 0.5) is 0 Å². The average molecular weight is 408 g/mol. The van der Waals surface area contributed by atoms with Crippen LogP contribution in [0.25, 0.3) is 0 Å². The van der Waals surface area contributed by atoms with Crippen LogP contribution >= 0.6 is 15.9 Å². The van der Waals surface area contributed by atoms with Crippen LogP contribution in [0.2, 0.25) is 0 Å². The van der Waals surface area contributed by atoms with E-state index in [9.17, 15) is 4.79 Å². The Kier molecular flexibility index (Phi) is 5.48. The van der Waals surface area contributed by atoms with Gasteiger partial charge < -0.3 is 9.73 Å². The van der Waals surface area contributed by atoms with Crippen molar-refractivity contribution < 1.29 is 9.21 Å². The van der Waals surface area contributed by atoms with Crippen LogP contribution in [-0.4, -0.2) is 16.8 Å². The van der Waals surface area contributed by atoms with Gasteiger partial charge in [-0.2, -0.15) is 0 Å². The molecule has 0 aliphatic heterocycles. The first-order valence-corrected chi connectivity index (χ1v) is 10.6. The van der Waals surface area contributed by atoms with Crippen LogP contribution < -0.4 is 5.32 Å². The van der Waals surface area contributed by atoms with Gasteiger partial charge in [0.05, 0.1) is 17.9 Å². The summed E-state index contributed by atoms with van der Waals surface area (Å²) in [6.07, 6.45) is 11.4. The number of furan rings is 1. The second kappa shape index (κ2) is 7.30. The molecule has 0 bridgehead atoms. The molecule has 1 amide bonds. The van der Waals surface area contributed by atoms with E-state index < -0.39 is 0 Å². The fraction of sp³-hybridized carbons (Fsp3) is 0.667. The highest BCUT2D eigenvalue weighted by molar-refractivity contribution is 9.09. The SMILES string of the molecule is C=C1CC[C@@H]2[C@](C)(CCC[C@]2(C)NC(=O)CBr)[C@H]1CCc1ccoc1. The molecule has 2 aliphatic rings. The lowest BCUT2D eigenvalue weighted by atomic mass is 9.49. The van der Waals surface area contributed by atoms with Gasteiger partial charge in [0.25, 0.3) is 0 Å². The molecule has 3 rings (SSSR count). The zero-order valence-electron chi connectivity index (χ0n) is 15.4. The van der Waals surface area contributed by atoms with Crippen molar-refractivity contribution in [3.8, 4) is 0 Å². The van der Waals surface area contributed by atoms with Crippen molar-refractivity contribution in [3.63, 3.8) is 0 Å². The number of nitrogens with one attached hydrogen (secondary N) is 1. The quantitative estimate of drug-likeness (QED) is 0.534.